The third kappa shape index (κ3) is 18.3. The van der Waals surface area contributed by atoms with Crippen molar-refractivity contribution in [3.05, 3.63) is 53.6 Å². The molecule has 39 heavy (non-hydrogen) atoms. The van der Waals surface area contributed by atoms with Crippen LogP contribution in [0.5, 0.6) is 0 Å². The molecule has 214 valence electrons. The molecule has 0 aromatic heterocycles. The Morgan fingerprint density at radius 1 is 0.692 bits per heavy atom. The minimum Gasteiger partial charge on any atom is -0.744 e. The van der Waals surface area contributed by atoms with E-state index in [2.05, 4.69) is 38.2 Å². The quantitative estimate of drug-likeness (QED) is 0.0683. The minimum absolute atomic E-state index is 0. The number of benzene rings is 1. The number of carbonyl (C=O) groups is 2. The molecule has 0 aliphatic carbocycles. The first kappa shape index (κ1) is 38.2. The van der Waals surface area contributed by atoms with E-state index in [0.717, 1.165) is 95.2 Å². The van der Waals surface area contributed by atoms with Crippen LogP contribution in [0.1, 0.15) is 124 Å². The van der Waals surface area contributed by atoms with E-state index in [0.29, 0.717) is 12.8 Å². The Morgan fingerprint density at radius 3 is 1.59 bits per heavy atom. The third-order valence-corrected chi connectivity index (χ3v) is 6.79. The van der Waals surface area contributed by atoms with E-state index in [1.165, 1.54) is 0 Å². The Balaban J connectivity index is 0.0000144. The number of unbranched alkanes of at least 4 members (excludes halogenated alkanes) is 10. The van der Waals surface area contributed by atoms with Crippen molar-refractivity contribution >= 4 is 22.1 Å². The van der Waals surface area contributed by atoms with E-state index in [1.807, 2.05) is 0 Å². The zero-order chi connectivity index (χ0) is 28.1. The maximum absolute atomic E-state index is 12.7. The number of hydrogen-bond acceptors (Lipinski definition) is 7. The van der Waals surface area contributed by atoms with Crippen molar-refractivity contribution in [1.82, 2.24) is 0 Å². The summed E-state index contributed by atoms with van der Waals surface area (Å²) in [4.78, 5) is 24.7. The fourth-order valence-corrected chi connectivity index (χ4v) is 4.25. The average Bonchev–Trinajstić information content (AvgIpc) is 2.89. The largest absolute Gasteiger partial charge is 1.00 e. The molecule has 0 radical (unpaired) electrons. The molecule has 0 saturated carbocycles. The van der Waals surface area contributed by atoms with E-state index in [9.17, 15) is 22.6 Å². The number of esters is 2. The van der Waals surface area contributed by atoms with Gasteiger partial charge in [0, 0.05) is 0 Å². The van der Waals surface area contributed by atoms with Gasteiger partial charge in [0.15, 0.2) is 0 Å². The normalized spacial score (nSPS) is 11.6. The van der Waals surface area contributed by atoms with Gasteiger partial charge < -0.3 is 14.0 Å². The van der Waals surface area contributed by atoms with Crippen LogP contribution in [0.25, 0.3) is 0 Å². The molecule has 0 amide bonds. The van der Waals surface area contributed by atoms with Crippen LogP contribution in [0.2, 0.25) is 0 Å². The third-order valence-electron chi connectivity index (χ3n) is 5.96. The summed E-state index contributed by atoms with van der Waals surface area (Å²) >= 11 is 0. The molecular formula is C30H45KO7S. The first-order chi connectivity index (χ1) is 18.3. The van der Waals surface area contributed by atoms with E-state index in [4.69, 9.17) is 9.47 Å². The van der Waals surface area contributed by atoms with Crippen LogP contribution >= 0.6 is 0 Å². The van der Waals surface area contributed by atoms with Crippen LogP contribution in [0.15, 0.2) is 47.4 Å². The van der Waals surface area contributed by atoms with Gasteiger partial charge in [-0.1, -0.05) is 76.7 Å². The van der Waals surface area contributed by atoms with Gasteiger partial charge in [0.05, 0.1) is 29.2 Å². The SMILES string of the molecule is CCC/C=C/CCCCCCOC(=O)c1ccc(S(=O)(=O)[O-])cc1C(=O)OCCCCCC/C=C/CCC.[K+]. The first-order valence-corrected chi connectivity index (χ1v) is 15.5. The topological polar surface area (TPSA) is 110 Å². The predicted molar refractivity (Wildman–Crippen MR) is 149 cm³/mol. The summed E-state index contributed by atoms with van der Waals surface area (Å²) in [6.45, 7) is 4.62. The Labute approximate surface area is 278 Å². The number of rotatable bonds is 21. The number of hydrogen-bond donors (Lipinski definition) is 0. The second-order valence-corrected chi connectivity index (χ2v) is 10.7. The van der Waals surface area contributed by atoms with Crippen molar-refractivity contribution in [1.29, 1.82) is 0 Å². The van der Waals surface area contributed by atoms with Gasteiger partial charge in [-0.25, -0.2) is 18.0 Å². The molecule has 0 aliphatic heterocycles. The van der Waals surface area contributed by atoms with Gasteiger partial charge in [-0.15, -0.1) is 0 Å². The van der Waals surface area contributed by atoms with Gasteiger partial charge in [0.25, 0.3) is 0 Å². The predicted octanol–water partition coefficient (Wildman–Crippen LogP) is 4.52. The first-order valence-electron chi connectivity index (χ1n) is 14.0. The second kappa shape index (κ2) is 23.8. The van der Waals surface area contributed by atoms with Crippen molar-refractivity contribution in [2.45, 2.75) is 109 Å². The summed E-state index contributed by atoms with van der Waals surface area (Å²) in [5.41, 5.74) is -0.380. The van der Waals surface area contributed by atoms with E-state index >= 15 is 0 Å². The summed E-state index contributed by atoms with van der Waals surface area (Å²) < 4.78 is 45.0. The standard InChI is InChI=1S/C30H46O7S.K/c1-3-5-7-9-11-13-15-17-19-23-36-29(31)27-22-21-26(38(33,34)35)25-28(27)30(32)37-24-20-18-16-14-12-10-8-6-4-2;/h7-10,21-22,25H,3-6,11-20,23-24H2,1-2H3,(H,33,34,35);/q;+1/p-1/b9-7+,10-8+;. The number of allylic oxidation sites excluding steroid dienone is 4. The van der Waals surface area contributed by atoms with Crippen LogP contribution in [-0.4, -0.2) is 38.1 Å². The molecule has 0 aliphatic rings. The Bertz CT molecular complexity index is 987. The molecule has 0 spiro atoms. The summed E-state index contributed by atoms with van der Waals surface area (Å²) in [5.74, 6) is -1.59. The van der Waals surface area contributed by atoms with Gasteiger partial charge in [-0.3, -0.25) is 0 Å². The summed E-state index contributed by atoms with van der Waals surface area (Å²) in [6, 6.07) is 3.05. The fraction of sp³-hybridized carbons (Fsp3) is 0.600. The monoisotopic (exact) mass is 588 g/mol. The number of ether oxygens (including phenoxy) is 2. The molecule has 1 aromatic rings. The van der Waals surface area contributed by atoms with Crippen LogP contribution in [0.3, 0.4) is 0 Å². The summed E-state index contributed by atoms with van der Waals surface area (Å²) in [7, 11) is -4.80. The van der Waals surface area contributed by atoms with Gasteiger partial charge in [-0.05, 0) is 69.6 Å². The molecule has 0 atom stereocenters. The van der Waals surface area contributed by atoms with Crippen LogP contribution in [-0.2, 0) is 19.6 Å². The maximum Gasteiger partial charge on any atom is 1.00 e. The van der Waals surface area contributed by atoms with E-state index in [-0.39, 0.29) is 75.7 Å². The van der Waals surface area contributed by atoms with E-state index < -0.39 is 27.0 Å². The van der Waals surface area contributed by atoms with Gasteiger partial charge in [-0.2, -0.15) is 0 Å². The van der Waals surface area contributed by atoms with Crippen molar-refractivity contribution in [2.24, 2.45) is 0 Å². The van der Waals surface area contributed by atoms with Crippen molar-refractivity contribution in [3.63, 3.8) is 0 Å². The van der Waals surface area contributed by atoms with Crippen LogP contribution in [0.4, 0.5) is 0 Å². The molecule has 0 N–H and O–H groups in total. The zero-order valence-electron chi connectivity index (χ0n) is 24.1. The smallest absolute Gasteiger partial charge is 0.744 e. The molecule has 7 nitrogen and oxygen atoms in total. The van der Waals surface area contributed by atoms with Gasteiger partial charge in [0.2, 0.25) is 0 Å². The summed E-state index contributed by atoms with van der Waals surface area (Å²) in [5, 5.41) is 0. The average molecular weight is 589 g/mol. The van der Waals surface area contributed by atoms with E-state index in [1.54, 1.807) is 0 Å². The molecule has 1 aromatic carbocycles. The van der Waals surface area contributed by atoms with Crippen molar-refractivity contribution in [3.8, 4) is 0 Å². The molecule has 0 bridgehead atoms. The molecule has 9 heteroatoms. The fourth-order valence-electron chi connectivity index (χ4n) is 3.75. The Morgan fingerprint density at radius 2 is 1.13 bits per heavy atom. The second-order valence-electron chi connectivity index (χ2n) is 9.36. The van der Waals surface area contributed by atoms with Gasteiger partial charge >= 0.3 is 63.3 Å². The zero-order valence-corrected chi connectivity index (χ0v) is 28.1. The summed E-state index contributed by atoms with van der Waals surface area (Å²) in [6.07, 6.45) is 22.6. The van der Waals surface area contributed by atoms with Crippen LogP contribution < -0.4 is 51.4 Å². The molecule has 0 unspecified atom stereocenters. The molecule has 0 fully saturated rings. The molecule has 1 rings (SSSR count). The molecule has 0 saturated heterocycles. The van der Waals surface area contributed by atoms with Gasteiger partial charge in [0.1, 0.15) is 10.1 Å². The van der Waals surface area contributed by atoms with Crippen molar-refractivity contribution < 1.29 is 83.4 Å². The molecule has 0 heterocycles. The Kier molecular flexibility index (Phi) is 23.4. The van der Waals surface area contributed by atoms with Crippen LogP contribution in [0, 0.1) is 0 Å². The maximum atomic E-state index is 12.7. The molecular weight excluding hydrogens is 543 g/mol. The Hall–Kier alpha value is -0.814. The van der Waals surface area contributed by atoms with Crippen molar-refractivity contribution in [2.75, 3.05) is 13.2 Å². The number of carbonyl (C=O) groups excluding carboxylic acids is 2. The minimum atomic E-state index is -4.80.